The van der Waals surface area contributed by atoms with E-state index in [1.54, 1.807) is 7.11 Å². The number of hydrogen-bond acceptors (Lipinski definition) is 2. The van der Waals surface area contributed by atoms with E-state index in [2.05, 4.69) is 50.4 Å². The second kappa shape index (κ2) is 9.15. The van der Waals surface area contributed by atoms with Crippen molar-refractivity contribution in [2.45, 2.75) is 46.5 Å². The monoisotopic (exact) mass is 277 g/mol. The Morgan fingerprint density at radius 3 is 2.30 bits per heavy atom. The first-order valence-electron chi connectivity index (χ1n) is 7.91. The van der Waals surface area contributed by atoms with Gasteiger partial charge in [0.25, 0.3) is 0 Å². The average Bonchev–Trinajstić information content (AvgIpc) is 2.45. The van der Waals surface area contributed by atoms with Crippen LogP contribution in [0.3, 0.4) is 0 Å². The molecular formula is C18H31NO. The van der Waals surface area contributed by atoms with Gasteiger partial charge in [-0.05, 0) is 35.8 Å². The topological polar surface area (TPSA) is 21.3 Å². The van der Waals surface area contributed by atoms with E-state index in [4.69, 9.17) is 4.74 Å². The number of ether oxygens (including phenoxy) is 1. The summed E-state index contributed by atoms with van der Waals surface area (Å²) in [5.41, 5.74) is 3.20. The van der Waals surface area contributed by atoms with Gasteiger partial charge in [-0.15, -0.1) is 0 Å². The van der Waals surface area contributed by atoms with Crippen molar-refractivity contribution >= 4 is 0 Å². The molecule has 0 aliphatic heterocycles. The lowest BCUT2D eigenvalue weighted by Crippen LogP contribution is -2.35. The number of nitrogens with one attached hydrogen (secondary N) is 1. The van der Waals surface area contributed by atoms with Crippen LogP contribution in [-0.2, 0) is 17.6 Å². The minimum atomic E-state index is 0.330. The zero-order valence-electron chi connectivity index (χ0n) is 13.7. The third-order valence-electron chi connectivity index (χ3n) is 3.95. The first kappa shape index (κ1) is 17.2. The third kappa shape index (κ3) is 6.06. The Labute approximate surface area is 124 Å². The second-order valence-corrected chi connectivity index (χ2v) is 6.08. The zero-order chi connectivity index (χ0) is 14.8. The molecule has 0 aliphatic rings. The van der Waals surface area contributed by atoms with Crippen LogP contribution in [0, 0.1) is 5.41 Å². The molecule has 1 rings (SSSR count). The summed E-state index contributed by atoms with van der Waals surface area (Å²) in [7, 11) is 1.75. The lowest BCUT2D eigenvalue weighted by molar-refractivity contribution is 0.190. The quantitative estimate of drug-likeness (QED) is 0.656. The summed E-state index contributed by atoms with van der Waals surface area (Å²) in [6.45, 7) is 9.64. The van der Waals surface area contributed by atoms with E-state index < -0.39 is 0 Å². The fraction of sp³-hybridized carbons (Fsp3) is 0.667. The van der Waals surface area contributed by atoms with Crippen molar-refractivity contribution < 1.29 is 4.74 Å². The van der Waals surface area contributed by atoms with Gasteiger partial charge in [-0.1, -0.05) is 51.5 Å². The van der Waals surface area contributed by atoms with Gasteiger partial charge in [0.15, 0.2) is 0 Å². The fourth-order valence-corrected chi connectivity index (χ4v) is 2.79. The molecule has 1 aromatic carbocycles. The van der Waals surface area contributed by atoms with Crippen LogP contribution in [0.4, 0.5) is 0 Å². The van der Waals surface area contributed by atoms with E-state index in [1.165, 1.54) is 24.0 Å². The van der Waals surface area contributed by atoms with Crippen molar-refractivity contribution in [1.82, 2.24) is 5.32 Å². The van der Waals surface area contributed by atoms with Crippen LogP contribution in [0.25, 0.3) is 0 Å². The van der Waals surface area contributed by atoms with Crippen LogP contribution in [0.15, 0.2) is 24.3 Å². The Hall–Kier alpha value is -0.860. The third-order valence-corrected chi connectivity index (χ3v) is 3.95. The summed E-state index contributed by atoms with van der Waals surface area (Å²) < 4.78 is 5.10. The molecule has 0 amide bonds. The number of methoxy groups -OCH3 is 1. The van der Waals surface area contributed by atoms with E-state index in [1.807, 2.05) is 0 Å². The molecule has 1 N–H and O–H groups in total. The lowest BCUT2D eigenvalue weighted by atomic mass is 9.79. The zero-order valence-corrected chi connectivity index (χ0v) is 13.7. The van der Waals surface area contributed by atoms with Crippen molar-refractivity contribution in [3.05, 3.63) is 35.4 Å². The standard InChI is InChI=1S/C18H31NO/c1-5-11-18(3,15-19-12-13-20-4)14-17-9-7-16(6-2)8-10-17/h7-10,19H,5-6,11-15H2,1-4H3. The molecule has 0 saturated carbocycles. The highest BCUT2D eigenvalue weighted by molar-refractivity contribution is 5.23. The Balaban J connectivity index is 2.58. The maximum absolute atomic E-state index is 5.10. The summed E-state index contributed by atoms with van der Waals surface area (Å²) in [6, 6.07) is 9.11. The molecule has 0 radical (unpaired) electrons. The molecule has 0 saturated heterocycles. The van der Waals surface area contributed by atoms with Crippen LogP contribution in [0.5, 0.6) is 0 Å². The van der Waals surface area contributed by atoms with E-state index >= 15 is 0 Å². The molecular weight excluding hydrogens is 246 g/mol. The molecule has 1 atom stereocenters. The Morgan fingerprint density at radius 1 is 1.10 bits per heavy atom. The highest BCUT2D eigenvalue weighted by Crippen LogP contribution is 2.27. The normalized spacial score (nSPS) is 14.2. The van der Waals surface area contributed by atoms with E-state index in [0.29, 0.717) is 5.41 Å². The first-order valence-corrected chi connectivity index (χ1v) is 7.91. The van der Waals surface area contributed by atoms with Gasteiger partial charge in [0.1, 0.15) is 0 Å². The van der Waals surface area contributed by atoms with Gasteiger partial charge in [0, 0.05) is 20.2 Å². The maximum atomic E-state index is 5.10. The number of benzene rings is 1. The van der Waals surface area contributed by atoms with Gasteiger partial charge >= 0.3 is 0 Å². The van der Waals surface area contributed by atoms with Crippen LogP contribution in [0.1, 0.15) is 44.7 Å². The lowest BCUT2D eigenvalue weighted by Gasteiger charge is -2.30. The Bertz CT molecular complexity index is 360. The van der Waals surface area contributed by atoms with E-state index in [-0.39, 0.29) is 0 Å². The van der Waals surface area contributed by atoms with Gasteiger partial charge in [0.2, 0.25) is 0 Å². The smallest absolute Gasteiger partial charge is 0.0587 e. The van der Waals surface area contributed by atoms with Crippen molar-refractivity contribution in [2.24, 2.45) is 5.41 Å². The first-order chi connectivity index (χ1) is 9.63. The largest absolute Gasteiger partial charge is 0.383 e. The molecule has 0 spiro atoms. The molecule has 0 heterocycles. The molecule has 0 bridgehead atoms. The predicted molar refractivity (Wildman–Crippen MR) is 87.3 cm³/mol. The fourth-order valence-electron chi connectivity index (χ4n) is 2.79. The summed E-state index contributed by atoms with van der Waals surface area (Å²) in [6.07, 6.45) is 4.74. The molecule has 2 heteroatoms. The van der Waals surface area contributed by atoms with Crippen molar-refractivity contribution in [1.29, 1.82) is 0 Å². The van der Waals surface area contributed by atoms with Crippen molar-refractivity contribution in [3.8, 4) is 0 Å². The molecule has 1 unspecified atom stereocenters. The molecule has 114 valence electrons. The Kier molecular flexibility index (Phi) is 7.86. The average molecular weight is 277 g/mol. The molecule has 0 aliphatic carbocycles. The summed E-state index contributed by atoms with van der Waals surface area (Å²) in [5.74, 6) is 0. The minimum Gasteiger partial charge on any atom is -0.383 e. The van der Waals surface area contributed by atoms with Crippen LogP contribution in [0.2, 0.25) is 0 Å². The highest BCUT2D eigenvalue weighted by Gasteiger charge is 2.23. The van der Waals surface area contributed by atoms with Gasteiger partial charge in [-0.3, -0.25) is 0 Å². The molecule has 20 heavy (non-hydrogen) atoms. The van der Waals surface area contributed by atoms with Crippen LogP contribution < -0.4 is 5.32 Å². The summed E-state index contributed by atoms with van der Waals surface area (Å²) >= 11 is 0. The van der Waals surface area contributed by atoms with Crippen molar-refractivity contribution in [2.75, 3.05) is 26.8 Å². The van der Waals surface area contributed by atoms with Gasteiger partial charge in [-0.2, -0.15) is 0 Å². The number of aryl methyl sites for hydroxylation is 1. The second-order valence-electron chi connectivity index (χ2n) is 6.08. The van der Waals surface area contributed by atoms with Crippen molar-refractivity contribution in [3.63, 3.8) is 0 Å². The number of rotatable bonds is 10. The van der Waals surface area contributed by atoms with Gasteiger partial charge in [0.05, 0.1) is 6.61 Å². The highest BCUT2D eigenvalue weighted by atomic mass is 16.5. The van der Waals surface area contributed by atoms with Crippen LogP contribution in [-0.4, -0.2) is 26.8 Å². The molecule has 0 fully saturated rings. The van der Waals surface area contributed by atoms with Gasteiger partial charge in [-0.25, -0.2) is 0 Å². The SMILES string of the molecule is CCCC(C)(CNCCOC)Cc1ccc(CC)cc1. The van der Waals surface area contributed by atoms with Crippen LogP contribution >= 0.6 is 0 Å². The predicted octanol–water partition coefficient (Wildman–Crippen LogP) is 3.83. The van der Waals surface area contributed by atoms with E-state index in [9.17, 15) is 0 Å². The molecule has 0 aromatic heterocycles. The summed E-state index contributed by atoms with van der Waals surface area (Å²) in [4.78, 5) is 0. The summed E-state index contributed by atoms with van der Waals surface area (Å²) in [5, 5.41) is 3.53. The molecule has 1 aromatic rings. The maximum Gasteiger partial charge on any atom is 0.0587 e. The molecule has 2 nitrogen and oxygen atoms in total. The van der Waals surface area contributed by atoms with Gasteiger partial charge < -0.3 is 10.1 Å². The minimum absolute atomic E-state index is 0.330. The number of hydrogen-bond donors (Lipinski definition) is 1. The Morgan fingerprint density at radius 2 is 1.75 bits per heavy atom. The van der Waals surface area contributed by atoms with E-state index in [0.717, 1.165) is 32.5 Å².